The number of carbonyl (C=O) groups excluding carboxylic acids is 2. The molecule has 40 heavy (non-hydrogen) atoms. The van der Waals surface area contributed by atoms with Crippen LogP contribution in [0.4, 0.5) is 0 Å². The number of phosphoric acid groups is 1. The number of carbonyl (C=O) groups is 2. The van der Waals surface area contributed by atoms with Gasteiger partial charge in [-0.1, -0.05) is 104 Å². The van der Waals surface area contributed by atoms with Crippen molar-refractivity contribution in [2.24, 2.45) is 0 Å². The number of quaternary nitrogens is 1. The largest absolute Gasteiger partial charge is 0.473 e. The molecule has 0 radical (unpaired) electrons. The van der Waals surface area contributed by atoms with E-state index in [2.05, 4.69) is 6.92 Å². The second-order valence-corrected chi connectivity index (χ2v) is 13.5. The summed E-state index contributed by atoms with van der Waals surface area (Å²) in [5, 5.41) is 10.1. The maximum absolute atomic E-state index is 12.6. The number of unbranched alkanes of at least 4 members (excludes halogenated alkanes) is 14. The van der Waals surface area contributed by atoms with Crippen molar-refractivity contribution in [3.8, 4) is 0 Å². The molecule has 0 spiro atoms. The molecule has 0 fully saturated rings. The summed E-state index contributed by atoms with van der Waals surface area (Å²) in [5.41, 5.74) is 0. The average Bonchev–Trinajstić information content (AvgIpc) is 2.87. The number of ether oxygens (including phenoxy) is 1. The Labute approximate surface area is 244 Å². The fraction of sp³-hybridized carbons (Fsp3) is 0.933. The molecule has 10 heteroatoms. The summed E-state index contributed by atoms with van der Waals surface area (Å²) in [5.74, 6) is -0.659. The molecule has 0 aliphatic carbocycles. The first kappa shape index (κ1) is 39.2. The van der Waals surface area contributed by atoms with Crippen molar-refractivity contribution in [1.29, 1.82) is 0 Å². The molecule has 0 amide bonds. The van der Waals surface area contributed by atoms with Crippen LogP contribution in [0.3, 0.4) is 0 Å². The van der Waals surface area contributed by atoms with Crippen LogP contribution in [0.15, 0.2) is 0 Å². The Morgan fingerprint density at radius 1 is 0.725 bits per heavy atom. The predicted molar refractivity (Wildman–Crippen MR) is 160 cm³/mol. The van der Waals surface area contributed by atoms with Gasteiger partial charge in [-0.2, -0.15) is 0 Å². The van der Waals surface area contributed by atoms with E-state index in [1.54, 1.807) is 0 Å². The van der Waals surface area contributed by atoms with Crippen LogP contribution in [0.1, 0.15) is 129 Å². The first-order valence-electron chi connectivity index (χ1n) is 15.7. The van der Waals surface area contributed by atoms with E-state index in [-0.39, 0.29) is 31.8 Å². The van der Waals surface area contributed by atoms with Crippen molar-refractivity contribution >= 4 is 19.6 Å². The standard InChI is InChI=1S/C30H60NO8P/c1-6-8-10-11-12-13-14-15-16-17-18-19-21-23-30(34)37-25-27(32)26-38-40(35,36)39-29(24-31(3,4)5)28(33)22-20-9-7-2/h27,29,32H,6-26H2,1-5H3/p+1/t27-,29?/m1/s1. The van der Waals surface area contributed by atoms with Crippen LogP contribution in [-0.4, -0.2) is 79.3 Å². The van der Waals surface area contributed by atoms with E-state index in [4.69, 9.17) is 13.8 Å². The van der Waals surface area contributed by atoms with Gasteiger partial charge < -0.3 is 19.2 Å². The third-order valence-corrected chi connectivity index (χ3v) is 7.71. The van der Waals surface area contributed by atoms with Gasteiger partial charge in [0.1, 0.15) is 19.3 Å². The second kappa shape index (κ2) is 23.7. The molecule has 0 saturated heterocycles. The van der Waals surface area contributed by atoms with Crippen molar-refractivity contribution in [2.45, 2.75) is 142 Å². The first-order chi connectivity index (χ1) is 18.9. The van der Waals surface area contributed by atoms with E-state index in [0.29, 0.717) is 10.9 Å². The molecule has 3 atom stereocenters. The van der Waals surface area contributed by atoms with Crippen LogP contribution in [0.2, 0.25) is 0 Å². The van der Waals surface area contributed by atoms with Gasteiger partial charge in [0.2, 0.25) is 0 Å². The van der Waals surface area contributed by atoms with E-state index >= 15 is 0 Å². The lowest BCUT2D eigenvalue weighted by molar-refractivity contribution is -0.872. The summed E-state index contributed by atoms with van der Waals surface area (Å²) in [7, 11) is 0.964. The smallest absolute Gasteiger partial charge is 0.463 e. The molecule has 0 aliphatic rings. The van der Waals surface area contributed by atoms with Crippen LogP contribution in [0, 0.1) is 0 Å². The summed E-state index contributed by atoms with van der Waals surface area (Å²) in [6.45, 7) is 3.59. The van der Waals surface area contributed by atoms with Gasteiger partial charge in [-0.15, -0.1) is 0 Å². The summed E-state index contributed by atoms with van der Waals surface area (Å²) < 4.78 is 28.0. The number of rotatable bonds is 28. The third kappa shape index (κ3) is 24.9. The fourth-order valence-corrected chi connectivity index (χ4v) is 5.30. The molecular weight excluding hydrogens is 533 g/mol. The molecule has 0 heterocycles. The SMILES string of the molecule is CCCCCCCCCCCCCCCC(=O)OC[C@@H](O)COP(=O)(O)OC(C[N+](C)(C)C)C(=O)CCCCC. The van der Waals surface area contributed by atoms with Gasteiger partial charge in [-0.05, 0) is 12.8 Å². The molecule has 0 rings (SSSR count). The van der Waals surface area contributed by atoms with Gasteiger partial charge in [0.05, 0.1) is 27.7 Å². The maximum Gasteiger partial charge on any atom is 0.473 e. The zero-order chi connectivity index (χ0) is 30.3. The Kier molecular flexibility index (Phi) is 23.2. The van der Waals surface area contributed by atoms with Crippen molar-refractivity contribution in [1.82, 2.24) is 0 Å². The molecule has 0 aliphatic heterocycles. The van der Waals surface area contributed by atoms with Crippen LogP contribution >= 0.6 is 7.82 Å². The van der Waals surface area contributed by atoms with Gasteiger partial charge in [-0.3, -0.25) is 18.6 Å². The number of esters is 1. The lowest BCUT2D eigenvalue weighted by Gasteiger charge is -2.29. The third-order valence-electron chi connectivity index (χ3n) is 6.71. The number of hydrogen-bond donors (Lipinski definition) is 2. The van der Waals surface area contributed by atoms with Gasteiger partial charge in [-0.25, -0.2) is 4.57 Å². The quantitative estimate of drug-likeness (QED) is 0.0443. The minimum absolute atomic E-state index is 0.207. The zero-order valence-corrected chi connectivity index (χ0v) is 27.1. The lowest BCUT2D eigenvalue weighted by atomic mass is 10.0. The van der Waals surface area contributed by atoms with Gasteiger partial charge >= 0.3 is 13.8 Å². The summed E-state index contributed by atoms with van der Waals surface area (Å²) in [6.07, 6.45) is 16.6. The zero-order valence-electron chi connectivity index (χ0n) is 26.2. The number of hydrogen-bond acceptors (Lipinski definition) is 7. The van der Waals surface area contributed by atoms with Crippen LogP contribution in [-0.2, 0) is 27.9 Å². The first-order valence-corrected chi connectivity index (χ1v) is 17.2. The molecule has 238 valence electrons. The summed E-state index contributed by atoms with van der Waals surface area (Å²) >= 11 is 0. The van der Waals surface area contributed by atoms with Crippen molar-refractivity contribution in [3.63, 3.8) is 0 Å². The Hall–Kier alpha value is -0.830. The van der Waals surface area contributed by atoms with E-state index in [0.717, 1.165) is 32.1 Å². The Morgan fingerprint density at radius 2 is 1.18 bits per heavy atom. The molecule has 9 nitrogen and oxygen atoms in total. The molecule has 0 aromatic carbocycles. The number of ketones is 1. The molecule has 0 saturated carbocycles. The maximum atomic E-state index is 12.6. The Bertz CT molecular complexity index is 698. The molecule has 0 bridgehead atoms. The highest BCUT2D eigenvalue weighted by molar-refractivity contribution is 7.47. The number of aliphatic hydroxyl groups is 1. The number of nitrogens with zero attached hydrogens (tertiary/aromatic N) is 1. The van der Waals surface area contributed by atoms with E-state index < -0.39 is 32.6 Å². The molecule has 2 N–H and O–H groups in total. The highest BCUT2D eigenvalue weighted by atomic mass is 31.2. The number of aliphatic hydroxyl groups excluding tert-OH is 1. The van der Waals surface area contributed by atoms with Crippen molar-refractivity contribution in [2.75, 3.05) is 40.9 Å². The second-order valence-electron chi connectivity index (χ2n) is 12.1. The Morgan fingerprint density at radius 3 is 1.68 bits per heavy atom. The van der Waals surface area contributed by atoms with Crippen LogP contribution < -0.4 is 0 Å². The van der Waals surface area contributed by atoms with Gasteiger partial charge in [0.25, 0.3) is 0 Å². The van der Waals surface area contributed by atoms with Crippen LogP contribution in [0.5, 0.6) is 0 Å². The highest BCUT2D eigenvalue weighted by Gasteiger charge is 2.35. The van der Waals surface area contributed by atoms with E-state index in [1.807, 2.05) is 28.1 Å². The van der Waals surface area contributed by atoms with E-state index in [9.17, 15) is 24.2 Å². The minimum Gasteiger partial charge on any atom is -0.463 e. The molecular formula is C30H61NO8P+. The summed E-state index contributed by atoms with van der Waals surface area (Å²) in [6, 6.07) is 0. The Balaban J connectivity index is 4.08. The highest BCUT2D eigenvalue weighted by Crippen LogP contribution is 2.45. The predicted octanol–water partition coefficient (Wildman–Crippen LogP) is 6.73. The molecule has 0 aromatic heterocycles. The van der Waals surface area contributed by atoms with E-state index in [1.165, 1.54) is 64.2 Å². The lowest BCUT2D eigenvalue weighted by Crippen LogP contribution is -2.45. The molecule has 2 unspecified atom stereocenters. The molecule has 0 aromatic rings. The topological polar surface area (TPSA) is 119 Å². The average molecular weight is 595 g/mol. The number of likely N-dealkylation sites (N-methyl/N-ethyl adjacent to an activating group) is 1. The normalized spacial score (nSPS) is 15.0. The van der Waals surface area contributed by atoms with Crippen molar-refractivity contribution < 1.29 is 42.4 Å². The number of phosphoric ester groups is 1. The monoisotopic (exact) mass is 594 g/mol. The van der Waals surface area contributed by atoms with Crippen LogP contribution in [0.25, 0.3) is 0 Å². The fourth-order valence-electron chi connectivity index (χ4n) is 4.37. The van der Waals surface area contributed by atoms with Crippen molar-refractivity contribution in [3.05, 3.63) is 0 Å². The van der Waals surface area contributed by atoms with Gasteiger partial charge in [0, 0.05) is 12.8 Å². The minimum atomic E-state index is -4.60. The number of Topliss-reactive ketones (excluding diaryl/α,β-unsaturated/α-hetero) is 1. The summed E-state index contributed by atoms with van der Waals surface area (Å²) in [4.78, 5) is 34.7. The van der Waals surface area contributed by atoms with Gasteiger partial charge in [0.15, 0.2) is 11.9 Å².